The van der Waals surface area contributed by atoms with E-state index in [0.717, 1.165) is 18.8 Å². The zero-order chi connectivity index (χ0) is 13.8. The van der Waals surface area contributed by atoms with Crippen molar-refractivity contribution in [2.75, 3.05) is 0 Å². The predicted molar refractivity (Wildman–Crippen MR) is 76.3 cm³/mol. The molecule has 0 aromatic carbocycles. The molecule has 5 heteroatoms. The highest BCUT2D eigenvalue weighted by atomic mass is 79.9. The lowest BCUT2D eigenvalue weighted by molar-refractivity contribution is 0.0688. The van der Waals surface area contributed by atoms with Gasteiger partial charge < -0.3 is 5.11 Å². The maximum atomic E-state index is 11.1. The zero-order valence-electron chi connectivity index (χ0n) is 11.1. The van der Waals surface area contributed by atoms with Crippen molar-refractivity contribution >= 4 is 21.9 Å². The molecule has 104 valence electrons. The van der Waals surface area contributed by atoms with E-state index in [1.165, 1.54) is 25.7 Å². The Bertz CT molecular complexity index is 457. The van der Waals surface area contributed by atoms with Crippen LogP contribution in [-0.2, 0) is 0 Å². The van der Waals surface area contributed by atoms with Crippen molar-refractivity contribution in [1.29, 1.82) is 0 Å². The first-order valence-electron chi connectivity index (χ1n) is 6.87. The van der Waals surface area contributed by atoms with Gasteiger partial charge in [-0.05, 0) is 47.5 Å². The Kier molecular flexibility index (Phi) is 4.91. The molecule has 1 aliphatic carbocycles. The van der Waals surface area contributed by atoms with E-state index < -0.39 is 5.97 Å². The number of halogens is 1. The summed E-state index contributed by atoms with van der Waals surface area (Å²) in [4.78, 5) is 19.6. The monoisotopic (exact) mass is 326 g/mol. The summed E-state index contributed by atoms with van der Waals surface area (Å²) in [6.07, 6.45) is 8.67. The quantitative estimate of drug-likeness (QED) is 0.907. The van der Waals surface area contributed by atoms with E-state index in [9.17, 15) is 4.79 Å². The molecule has 0 radical (unpaired) electrons. The van der Waals surface area contributed by atoms with E-state index in [1.807, 2.05) is 0 Å². The molecule has 0 atom stereocenters. The largest absolute Gasteiger partial charge is 0.476 e. The highest BCUT2D eigenvalue weighted by Crippen LogP contribution is 2.36. The third-order valence-corrected chi connectivity index (χ3v) is 4.45. The lowest BCUT2D eigenvalue weighted by Gasteiger charge is -2.27. The molecule has 1 N–H and O–H groups in total. The van der Waals surface area contributed by atoms with Gasteiger partial charge in [0.2, 0.25) is 0 Å². The summed E-state index contributed by atoms with van der Waals surface area (Å²) < 4.78 is 0.448. The van der Waals surface area contributed by atoms with Crippen LogP contribution in [0.5, 0.6) is 0 Å². The fraction of sp³-hybridized carbons (Fsp3) is 0.643. The van der Waals surface area contributed by atoms with Gasteiger partial charge in [-0.3, -0.25) is 0 Å². The molecule has 2 rings (SSSR count). The van der Waals surface area contributed by atoms with Gasteiger partial charge in [-0.25, -0.2) is 14.8 Å². The molecule has 1 saturated carbocycles. The van der Waals surface area contributed by atoms with Crippen LogP contribution in [0.15, 0.2) is 10.7 Å². The number of hydrogen-bond donors (Lipinski definition) is 1. The van der Waals surface area contributed by atoms with Crippen LogP contribution in [0.4, 0.5) is 0 Å². The number of aromatic carboxylic acids is 1. The highest BCUT2D eigenvalue weighted by Gasteiger charge is 2.25. The lowest BCUT2D eigenvalue weighted by atomic mass is 9.80. The summed E-state index contributed by atoms with van der Waals surface area (Å²) in [6.45, 7) is 2.23. The average Bonchev–Trinajstić information content (AvgIpc) is 2.40. The maximum Gasteiger partial charge on any atom is 0.355 e. The molecule has 1 fully saturated rings. The molecule has 0 amide bonds. The minimum Gasteiger partial charge on any atom is -0.476 e. The number of rotatable bonds is 4. The number of hydrogen-bond acceptors (Lipinski definition) is 3. The van der Waals surface area contributed by atoms with Crippen molar-refractivity contribution < 1.29 is 9.90 Å². The molecule has 1 aromatic rings. The van der Waals surface area contributed by atoms with Crippen LogP contribution >= 0.6 is 15.9 Å². The normalized spacial score (nSPS) is 23.3. The van der Waals surface area contributed by atoms with Crippen molar-refractivity contribution in [2.24, 2.45) is 5.92 Å². The molecule has 4 nitrogen and oxygen atoms in total. The van der Waals surface area contributed by atoms with Crippen LogP contribution in [0.1, 0.15) is 67.7 Å². The Labute approximate surface area is 121 Å². The fourth-order valence-corrected chi connectivity index (χ4v) is 3.21. The summed E-state index contributed by atoms with van der Waals surface area (Å²) in [6, 6.07) is 0. The smallest absolute Gasteiger partial charge is 0.355 e. The first-order valence-corrected chi connectivity index (χ1v) is 7.66. The predicted octanol–water partition coefficient (Wildman–Crippen LogP) is 4.01. The summed E-state index contributed by atoms with van der Waals surface area (Å²) in [5.41, 5.74) is 0.0701. The zero-order valence-corrected chi connectivity index (χ0v) is 12.7. The van der Waals surface area contributed by atoms with Crippen LogP contribution in [-0.4, -0.2) is 21.0 Å². The molecule has 1 aliphatic rings. The number of carboxylic acids is 1. The molecule has 0 unspecified atom stereocenters. The first kappa shape index (κ1) is 14.4. The Morgan fingerprint density at radius 2 is 2.11 bits per heavy atom. The van der Waals surface area contributed by atoms with Gasteiger partial charge in [0.1, 0.15) is 5.82 Å². The van der Waals surface area contributed by atoms with E-state index in [2.05, 4.69) is 32.8 Å². The van der Waals surface area contributed by atoms with Gasteiger partial charge in [0, 0.05) is 12.1 Å². The van der Waals surface area contributed by atoms with E-state index >= 15 is 0 Å². The van der Waals surface area contributed by atoms with Crippen LogP contribution in [0.2, 0.25) is 0 Å². The molecule has 19 heavy (non-hydrogen) atoms. The molecule has 0 saturated heterocycles. The van der Waals surface area contributed by atoms with E-state index in [0.29, 0.717) is 16.2 Å². The molecule has 1 heterocycles. The molecule has 0 bridgehead atoms. The van der Waals surface area contributed by atoms with Crippen molar-refractivity contribution in [3.63, 3.8) is 0 Å². The number of nitrogens with zero attached hydrogens (tertiary/aromatic N) is 2. The van der Waals surface area contributed by atoms with Crippen LogP contribution < -0.4 is 0 Å². The molecule has 1 aromatic heterocycles. The Morgan fingerprint density at radius 1 is 1.42 bits per heavy atom. The summed E-state index contributed by atoms with van der Waals surface area (Å²) in [5, 5.41) is 9.08. The van der Waals surface area contributed by atoms with Crippen molar-refractivity contribution in [3.05, 3.63) is 22.2 Å². The second-order valence-corrected chi connectivity index (χ2v) is 6.09. The SMILES string of the molecule is CCCC1CCC(c2ncc(Br)c(C(=O)O)n2)CC1. The summed E-state index contributed by atoms with van der Waals surface area (Å²) in [7, 11) is 0. The standard InChI is InChI=1S/C14H19BrN2O2/c1-2-3-9-4-6-10(7-5-9)13-16-8-11(15)12(17-13)14(18)19/h8-10H,2-7H2,1H3,(H,18,19). The van der Waals surface area contributed by atoms with Crippen molar-refractivity contribution in [3.8, 4) is 0 Å². The van der Waals surface area contributed by atoms with Crippen molar-refractivity contribution in [2.45, 2.75) is 51.4 Å². The topological polar surface area (TPSA) is 63.1 Å². The number of carbonyl (C=O) groups is 1. The molecular formula is C14H19BrN2O2. The second-order valence-electron chi connectivity index (χ2n) is 5.24. The average molecular weight is 327 g/mol. The maximum absolute atomic E-state index is 11.1. The van der Waals surface area contributed by atoms with Crippen molar-refractivity contribution in [1.82, 2.24) is 9.97 Å². The number of aromatic nitrogens is 2. The molecule has 0 spiro atoms. The minimum absolute atomic E-state index is 0.0701. The van der Waals surface area contributed by atoms with Crippen LogP contribution in [0, 0.1) is 5.92 Å². The van der Waals surface area contributed by atoms with Gasteiger partial charge in [0.15, 0.2) is 5.69 Å². The number of carboxylic acid groups (broad SMARTS) is 1. The molecular weight excluding hydrogens is 308 g/mol. The Balaban J connectivity index is 2.07. The first-order chi connectivity index (χ1) is 9.11. The second kappa shape index (κ2) is 6.46. The van der Waals surface area contributed by atoms with E-state index in [-0.39, 0.29) is 5.69 Å². The van der Waals surface area contributed by atoms with Crippen LogP contribution in [0.3, 0.4) is 0 Å². The minimum atomic E-state index is -1.00. The van der Waals surface area contributed by atoms with Gasteiger partial charge in [-0.15, -0.1) is 0 Å². The Hall–Kier alpha value is -0.970. The van der Waals surface area contributed by atoms with Gasteiger partial charge in [-0.1, -0.05) is 19.8 Å². The van der Waals surface area contributed by atoms with Crippen LogP contribution in [0.25, 0.3) is 0 Å². The molecule has 0 aliphatic heterocycles. The van der Waals surface area contributed by atoms with Gasteiger partial charge in [0.25, 0.3) is 0 Å². The summed E-state index contributed by atoms with van der Waals surface area (Å²) >= 11 is 3.18. The highest BCUT2D eigenvalue weighted by molar-refractivity contribution is 9.10. The fourth-order valence-electron chi connectivity index (χ4n) is 2.85. The van der Waals surface area contributed by atoms with E-state index in [4.69, 9.17) is 5.11 Å². The van der Waals surface area contributed by atoms with Gasteiger partial charge >= 0.3 is 5.97 Å². The lowest BCUT2D eigenvalue weighted by Crippen LogP contribution is -2.16. The summed E-state index contributed by atoms with van der Waals surface area (Å²) in [5.74, 6) is 0.834. The third kappa shape index (κ3) is 3.53. The Morgan fingerprint density at radius 3 is 2.68 bits per heavy atom. The third-order valence-electron chi connectivity index (χ3n) is 3.87. The van der Waals surface area contributed by atoms with E-state index in [1.54, 1.807) is 6.20 Å². The van der Waals surface area contributed by atoms with Gasteiger partial charge in [-0.2, -0.15) is 0 Å². The van der Waals surface area contributed by atoms with Gasteiger partial charge in [0.05, 0.1) is 4.47 Å².